The maximum absolute atomic E-state index is 5.59. The van der Waals surface area contributed by atoms with Crippen LogP contribution >= 0.6 is 24.0 Å². The standard InChI is InChI=1S/C13H27N3O.HI/c1-3-5-9-15-13(14-4-2)16-10-8-12-7-6-11-17-12;/h12H,3-11H2,1-2H3,(H2,14,15,16);1H. The molecule has 0 aliphatic carbocycles. The maximum atomic E-state index is 5.59. The Balaban J connectivity index is 0.00000289. The van der Waals surface area contributed by atoms with Crippen LogP contribution in [-0.4, -0.2) is 38.3 Å². The summed E-state index contributed by atoms with van der Waals surface area (Å²) in [6.07, 6.45) is 6.32. The summed E-state index contributed by atoms with van der Waals surface area (Å²) in [5.74, 6) is 0.943. The highest BCUT2D eigenvalue weighted by Crippen LogP contribution is 2.14. The van der Waals surface area contributed by atoms with Crippen LogP contribution in [0.3, 0.4) is 0 Å². The van der Waals surface area contributed by atoms with Gasteiger partial charge < -0.3 is 15.4 Å². The number of ether oxygens (including phenoxy) is 1. The summed E-state index contributed by atoms with van der Waals surface area (Å²) in [6, 6.07) is 0. The molecule has 0 amide bonds. The van der Waals surface area contributed by atoms with Crippen molar-refractivity contribution in [2.45, 2.75) is 52.1 Å². The van der Waals surface area contributed by atoms with Gasteiger partial charge in [0.1, 0.15) is 0 Å². The Hall–Kier alpha value is -0.0400. The Bertz CT molecular complexity index is 218. The maximum Gasteiger partial charge on any atom is 0.191 e. The van der Waals surface area contributed by atoms with Crippen LogP contribution in [-0.2, 0) is 4.74 Å². The molecule has 0 aromatic rings. The molecule has 1 aliphatic heterocycles. The zero-order valence-corrected chi connectivity index (χ0v) is 14.0. The molecule has 0 aromatic heterocycles. The van der Waals surface area contributed by atoms with E-state index in [4.69, 9.17) is 4.74 Å². The van der Waals surface area contributed by atoms with Crippen molar-refractivity contribution in [3.05, 3.63) is 0 Å². The summed E-state index contributed by atoms with van der Waals surface area (Å²) in [7, 11) is 0. The highest BCUT2D eigenvalue weighted by molar-refractivity contribution is 14.0. The molecule has 1 aliphatic rings. The molecule has 0 bridgehead atoms. The molecule has 0 radical (unpaired) electrons. The first-order valence-corrected chi connectivity index (χ1v) is 7.00. The number of hydrogen-bond acceptors (Lipinski definition) is 2. The third kappa shape index (κ3) is 8.13. The molecular formula is C13H28IN3O. The SMILES string of the molecule is CCCCN=C(NCC)NCCC1CCCO1.I. The van der Waals surface area contributed by atoms with Crippen molar-refractivity contribution in [2.24, 2.45) is 4.99 Å². The van der Waals surface area contributed by atoms with E-state index >= 15 is 0 Å². The molecule has 108 valence electrons. The average Bonchev–Trinajstić information content (AvgIpc) is 2.82. The van der Waals surface area contributed by atoms with Gasteiger partial charge in [-0.3, -0.25) is 4.99 Å². The van der Waals surface area contributed by atoms with Crippen molar-refractivity contribution in [2.75, 3.05) is 26.2 Å². The van der Waals surface area contributed by atoms with Gasteiger partial charge in [0, 0.05) is 26.2 Å². The predicted molar refractivity (Wildman–Crippen MR) is 87.9 cm³/mol. The highest BCUT2D eigenvalue weighted by atomic mass is 127. The molecule has 4 nitrogen and oxygen atoms in total. The fraction of sp³-hybridized carbons (Fsp3) is 0.923. The second kappa shape index (κ2) is 12.0. The van der Waals surface area contributed by atoms with E-state index in [0.29, 0.717) is 6.10 Å². The van der Waals surface area contributed by atoms with Crippen molar-refractivity contribution in [1.29, 1.82) is 0 Å². The molecule has 2 N–H and O–H groups in total. The first-order chi connectivity index (χ1) is 8.36. The van der Waals surface area contributed by atoms with Crippen LogP contribution in [0.4, 0.5) is 0 Å². The lowest BCUT2D eigenvalue weighted by Gasteiger charge is -2.13. The summed E-state index contributed by atoms with van der Waals surface area (Å²) in [6.45, 7) is 7.99. The number of halogens is 1. The molecule has 5 heteroatoms. The first-order valence-electron chi connectivity index (χ1n) is 7.00. The summed E-state index contributed by atoms with van der Waals surface area (Å²) in [5, 5.41) is 6.63. The summed E-state index contributed by atoms with van der Waals surface area (Å²) in [4.78, 5) is 4.52. The average molecular weight is 369 g/mol. The molecule has 0 saturated carbocycles. The Labute approximate surface area is 128 Å². The quantitative estimate of drug-likeness (QED) is 0.314. The van der Waals surface area contributed by atoms with Gasteiger partial charge in [0.15, 0.2) is 5.96 Å². The minimum absolute atomic E-state index is 0. The smallest absolute Gasteiger partial charge is 0.191 e. The lowest BCUT2D eigenvalue weighted by Crippen LogP contribution is -2.38. The van der Waals surface area contributed by atoms with E-state index < -0.39 is 0 Å². The molecule has 1 unspecified atom stereocenters. The number of nitrogens with zero attached hydrogens (tertiary/aromatic N) is 1. The highest BCUT2D eigenvalue weighted by Gasteiger charge is 2.14. The van der Waals surface area contributed by atoms with Gasteiger partial charge in [0.25, 0.3) is 0 Å². The van der Waals surface area contributed by atoms with Crippen molar-refractivity contribution < 1.29 is 4.74 Å². The molecule has 18 heavy (non-hydrogen) atoms. The van der Waals surface area contributed by atoms with Crippen LogP contribution < -0.4 is 10.6 Å². The van der Waals surface area contributed by atoms with E-state index in [2.05, 4.69) is 29.5 Å². The van der Waals surface area contributed by atoms with E-state index in [1.165, 1.54) is 19.3 Å². The largest absolute Gasteiger partial charge is 0.378 e. The minimum Gasteiger partial charge on any atom is -0.378 e. The topological polar surface area (TPSA) is 45.7 Å². The number of nitrogens with one attached hydrogen (secondary N) is 2. The third-order valence-electron chi connectivity index (χ3n) is 2.91. The van der Waals surface area contributed by atoms with Crippen molar-refractivity contribution >= 4 is 29.9 Å². The zero-order chi connectivity index (χ0) is 12.3. The van der Waals surface area contributed by atoms with Gasteiger partial charge in [0.2, 0.25) is 0 Å². The predicted octanol–water partition coefficient (Wildman–Crippen LogP) is 2.53. The number of guanidine groups is 1. The molecule has 1 saturated heterocycles. The summed E-state index contributed by atoms with van der Waals surface area (Å²) in [5.41, 5.74) is 0. The van der Waals surface area contributed by atoms with Crippen molar-refractivity contribution in [3.63, 3.8) is 0 Å². The van der Waals surface area contributed by atoms with E-state index in [9.17, 15) is 0 Å². The number of hydrogen-bond donors (Lipinski definition) is 2. The zero-order valence-electron chi connectivity index (χ0n) is 11.7. The number of unbranched alkanes of at least 4 members (excludes halogenated alkanes) is 1. The molecule has 1 atom stereocenters. The molecule has 0 aromatic carbocycles. The Kier molecular flexibility index (Phi) is 12.0. The van der Waals surface area contributed by atoms with Crippen LogP contribution in [0, 0.1) is 0 Å². The molecular weight excluding hydrogens is 341 g/mol. The Morgan fingerprint density at radius 1 is 1.33 bits per heavy atom. The van der Waals surface area contributed by atoms with E-state index in [0.717, 1.165) is 45.0 Å². The van der Waals surface area contributed by atoms with Gasteiger partial charge >= 0.3 is 0 Å². The Morgan fingerprint density at radius 2 is 2.17 bits per heavy atom. The monoisotopic (exact) mass is 369 g/mol. The lowest BCUT2D eigenvalue weighted by molar-refractivity contribution is 0.105. The third-order valence-corrected chi connectivity index (χ3v) is 2.91. The van der Waals surface area contributed by atoms with Crippen LogP contribution in [0.1, 0.15) is 46.0 Å². The summed E-state index contributed by atoms with van der Waals surface area (Å²) >= 11 is 0. The lowest BCUT2D eigenvalue weighted by atomic mass is 10.2. The van der Waals surface area contributed by atoms with E-state index in [1.54, 1.807) is 0 Å². The van der Waals surface area contributed by atoms with E-state index in [1.807, 2.05) is 0 Å². The van der Waals surface area contributed by atoms with E-state index in [-0.39, 0.29) is 24.0 Å². The van der Waals surface area contributed by atoms with Gasteiger partial charge in [-0.05, 0) is 32.6 Å². The van der Waals surface area contributed by atoms with Gasteiger partial charge in [-0.15, -0.1) is 24.0 Å². The van der Waals surface area contributed by atoms with Gasteiger partial charge in [-0.1, -0.05) is 13.3 Å². The normalized spacial score (nSPS) is 19.4. The van der Waals surface area contributed by atoms with Crippen molar-refractivity contribution in [3.8, 4) is 0 Å². The van der Waals surface area contributed by atoms with Crippen LogP contribution in [0.15, 0.2) is 4.99 Å². The minimum atomic E-state index is 0. The van der Waals surface area contributed by atoms with Crippen LogP contribution in [0.25, 0.3) is 0 Å². The first kappa shape index (κ1) is 18.0. The van der Waals surface area contributed by atoms with Crippen molar-refractivity contribution in [1.82, 2.24) is 10.6 Å². The number of aliphatic imine (C=N–C) groups is 1. The molecule has 1 heterocycles. The molecule has 1 fully saturated rings. The van der Waals surface area contributed by atoms with Gasteiger partial charge in [-0.25, -0.2) is 0 Å². The van der Waals surface area contributed by atoms with Crippen LogP contribution in [0.5, 0.6) is 0 Å². The fourth-order valence-corrected chi connectivity index (χ4v) is 1.91. The molecule has 0 spiro atoms. The van der Waals surface area contributed by atoms with Crippen LogP contribution in [0.2, 0.25) is 0 Å². The fourth-order valence-electron chi connectivity index (χ4n) is 1.91. The Morgan fingerprint density at radius 3 is 2.78 bits per heavy atom. The van der Waals surface area contributed by atoms with Gasteiger partial charge in [0.05, 0.1) is 6.10 Å². The summed E-state index contributed by atoms with van der Waals surface area (Å²) < 4.78 is 5.59. The molecule has 1 rings (SSSR count). The second-order valence-electron chi connectivity index (χ2n) is 4.46. The number of rotatable bonds is 7. The second-order valence-corrected chi connectivity index (χ2v) is 4.46. The van der Waals surface area contributed by atoms with Gasteiger partial charge in [-0.2, -0.15) is 0 Å².